The molecule has 3 aromatic rings. The second-order valence-corrected chi connectivity index (χ2v) is 7.34. The fourth-order valence-corrected chi connectivity index (χ4v) is 3.94. The Kier molecular flexibility index (Phi) is 5.87. The van der Waals surface area contributed by atoms with Gasteiger partial charge in [0.15, 0.2) is 0 Å². The molecule has 0 amide bonds. The van der Waals surface area contributed by atoms with Gasteiger partial charge >= 0.3 is 0 Å². The van der Waals surface area contributed by atoms with E-state index in [1.165, 1.54) is 71.7 Å². The second kappa shape index (κ2) is 8.31. The lowest BCUT2D eigenvalue weighted by molar-refractivity contribution is 0.607. The van der Waals surface area contributed by atoms with Gasteiger partial charge in [-0.05, 0) is 52.4 Å². The minimum Gasteiger partial charge on any atom is -0.144 e. The van der Waals surface area contributed by atoms with Crippen molar-refractivity contribution in [3.8, 4) is 11.1 Å². The molecule has 0 unspecified atom stereocenters. The summed E-state index contributed by atoms with van der Waals surface area (Å²) in [4.78, 5) is 0. The number of hydrogen-bond donors (Lipinski definition) is 0. The standard InChI is InChI=1S/C22H26S/c1-2-3-4-5-6-7-8-18-9-11-19(12-10-18)21-14-13-20-15-16-23-22(20)17-21/h9-17H,2-8H2,1H3. The van der Waals surface area contributed by atoms with Crippen molar-refractivity contribution < 1.29 is 0 Å². The van der Waals surface area contributed by atoms with Crippen LogP contribution in [0.2, 0.25) is 0 Å². The van der Waals surface area contributed by atoms with E-state index in [4.69, 9.17) is 0 Å². The molecule has 0 saturated heterocycles. The molecule has 0 nitrogen and oxygen atoms in total. The fraction of sp³-hybridized carbons (Fsp3) is 0.364. The lowest BCUT2D eigenvalue weighted by Gasteiger charge is -2.05. The van der Waals surface area contributed by atoms with Gasteiger partial charge in [0, 0.05) is 4.70 Å². The number of unbranched alkanes of at least 4 members (excludes halogenated alkanes) is 5. The number of fused-ring (bicyclic) bond motifs is 1. The number of rotatable bonds is 8. The zero-order chi connectivity index (χ0) is 15.9. The van der Waals surface area contributed by atoms with E-state index in [-0.39, 0.29) is 0 Å². The number of aryl methyl sites for hydroxylation is 1. The predicted molar refractivity (Wildman–Crippen MR) is 104 cm³/mol. The quantitative estimate of drug-likeness (QED) is 0.377. The molecule has 0 radical (unpaired) electrons. The van der Waals surface area contributed by atoms with E-state index < -0.39 is 0 Å². The Bertz CT molecular complexity index is 721. The maximum atomic E-state index is 2.31. The summed E-state index contributed by atoms with van der Waals surface area (Å²) < 4.78 is 1.37. The Hall–Kier alpha value is -1.60. The molecular weight excluding hydrogens is 296 g/mol. The van der Waals surface area contributed by atoms with Crippen LogP contribution < -0.4 is 0 Å². The summed E-state index contributed by atoms with van der Waals surface area (Å²) in [6.07, 6.45) is 9.44. The van der Waals surface area contributed by atoms with E-state index in [9.17, 15) is 0 Å². The Morgan fingerprint density at radius 2 is 1.48 bits per heavy atom. The highest BCUT2D eigenvalue weighted by Crippen LogP contribution is 2.28. The lowest BCUT2D eigenvalue weighted by Crippen LogP contribution is -1.87. The molecular formula is C22H26S. The van der Waals surface area contributed by atoms with Crippen LogP contribution in [0.15, 0.2) is 53.9 Å². The first-order chi connectivity index (χ1) is 11.4. The van der Waals surface area contributed by atoms with Crippen LogP contribution in [0.3, 0.4) is 0 Å². The molecule has 0 aliphatic rings. The molecule has 1 heterocycles. The van der Waals surface area contributed by atoms with Crippen LogP contribution >= 0.6 is 11.3 Å². The largest absolute Gasteiger partial charge is 0.144 e. The second-order valence-electron chi connectivity index (χ2n) is 6.39. The first-order valence-corrected chi connectivity index (χ1v) is 9.81. The molecule has 2 aromatic carbocycles. The van der Waals surface area contributed by atoms with Crippen molar-refractivity contribution in [2.24, 2.45) is 0 Å². The van der Waals surface area contributed by atoms with Gasteiger partial charge in [-0.2, -0.15) is 0 Å². The molecule has 0 aliphatic carbocycles. The topological polar surface area (TPSA) is 0 Å². The van der Waals surface area contributed by atoms with Crippen LogP contribution in [-0.4, -0.2) is 0 Å². The van der Waals surface area contributed by atoms with Crippen LogP contribution in [-0.2, 0) is 6.42 Å². The van der Waals surface area contributed by atoms with Crippen LogP contribution in [0.5, 0.6) is 0 Å². The minimum atomic E-state index is 1.22. The van der Waals surface area contributed by atoms with Gasteiger partial charge in [0.05, 0.1) is 0 Å². The van der Waals surface area contributed by atoms with Gasteiger partial charge in [0.25, 0.3) is 0 Å². The van der Waals surface area contributed by atoms with E-state index in [0.29, 0.717) is 0 Å². The molecule has 120 valence electrons. The SMILES string of the molecule is CCCCCCCCc1ccc(-c2ccc3ccsc3c2)cc1. The molecule has 23 heavy (non-hydrogen) atoms. The van der Waals surface area contributed by atoms with Crippen molar-refractivity contribution in [3.63, 3.8) is 0 Å². The van der Waals surface area contributed by atoms with Crippen molar-refractivity contribution in [2.45, 2.75) is 51.9 Å². The zero-order valence-electron chi connectivity index (χ0n) is 14.1. The highest BCUT2D eigenvalue weighted by molar-refractivity contribution is 7.17. The Balaban J connectivity index is 1.56. The van der Waals surface area contributed by atoms with Crippen LogP contribution in [0, 0.1) is 0 Å². The summed E-state index contributed by atoms with van der Waals surface area (Å²) in [7, 11) is 0. The molecule has 3 rings (SSSR count). The van der Waals surface area contributed by atoms with E-state index in [0.717, 1.165) is 0 Å². The van der Waals surface area contributed by atoms with Gasteiger partial charge in [-0.15, -0.1) is 11.3 Å². The van der Waals surface area contributed by atoms with Crippen molar-refractivity contribution >= 4 is 21.4 Å². The minimum absolute atomic E-state index is 1.22. The molecule has 0 bridgehead atoms. The van der Waals surface area contributed by atoms with Crippen molar-refractivity contribution in [1.29, 1.82) is 0 Å². The fourth-order valence-electron chi connectivity index (χ4n) is 3.11. The van der Waals surface area contributed by atoms with Gasteiger partial charge in [-0.1, -0.05) is 75.4 Å². The van der Waals surface area contributed by atoms with Crippen LogP contribution in [0.25, 0.3) is 21.2 Å². The van der Waals surface area contributed by atoms with Crippen molar-refractivity contribution in [2.75, 3.05) is 0 Å². The summed E-state index contributed by atoms with van der Waals surface area (Å²) in [6, 6.07) is 18.1. The van der Waals surface area contributed by atoms with E-state index in [1.807, 2.05) is 11.3 Å². The van der Waals surface area contributed by atoms with Gasteiger partial charge in [0.2, 0.25) is 0 Å². The molecule has 0 saturated carbocycles. The first kappa shape index (κ1) is 16.3. The molecule has 0 fully saturated rings. The monoisotopic (exact) mass is 322 g/mol. The molecule has 0 atom stereocenters. The third-order valence-electron chi connectivity index (χ3n) is 4.56. The maximum Gasteiger partial charge on any atom is 0.0348 e. The zero-order valence-corrected chi connectivity index (χ0v) is 14.9. The molecule has 1 aromatic heterocycles. The number of benzene rings is 2. The third kappa shape index (κ3) is 4.45. The Morgan fingerprint density at radius 3 is 2.30 bits per heavy atom. The third-order valence-corrected chi connectivity index (χ3v) is 5.44. The van der Waals surface area contributed by atoms with E-state index in [2.05, 4.69) is 60.8 Å². The normalized spacial score (nSPS) is 11.2. The highest BCUT2D eigenvalue weighted by atomic mass is 32.1. The number of thiophene rings is 1. The molecule has 0 N–H and O–H groups in total. The molecule has 0 aliphatic heterocycles. The van der Waals surface area contributed by atoms with E-state index >= 15 is 0 Å². The lowest BCUT2D eigenvalue weighted by atomic mass is 10.0. The van der Waals surface area contributed by atoms with Crippen LogP contribution in [0.1, 0.15) is 51.0 Å². The predicted octanol–water partition coefficient (Wildman–Crippen LogP) is 7.47. The van der Waals surface area contributed by atoms with E-state index in [1.54, 1.807) is 0 Å². The van der Waals surface area contributed by atoms with Gasteiger partial charge in [-0.3, -0.25) is 0 Å². The summed E-state index contributed by atoms with van der Waals surface area (Å²) in [5, 5.41) is 3.51. The van der Waals surface area contributed by atoms with Crippen LogP contribution in [0.4, 0.5) is 0 Å². The molecule has 1 heteroatoms. The maximum absolute atomic E-state index is 2.31. The summed E-state index contributed by atoms with van der Waals surface area (Å²) >= 11 is 1.82. The summed E-state index contributed by atoms with van der Waals surface area (Å²) in [5.41, 5.74) is 4.12. The average molecular weight is 323 g/mol. The first-order valence-electron chi connectivity index (χ1n) is 8.93. The summed E-state index contributed by atoms with van der Waals surface area (Å²) in [5.74, 6) is 0. The van der Waals surface area contributed by atoms with Crippen molar-refractivity contribution in [3.05, 3.63) is 59.5 Å². The Labute approximate surface area is 144 Å². The average Bonchev–Trinajstić information content (AvgIpc) is 3.06. The number of hydrogen-bond acceptors (Lipinski definition) is 1. The van der Waals surface area contributed by atoms with Crippen molar-refractivity contribution in [1.82, 2.24) is 0 Å². The Morgan fingerprint density at radius 1 is 0.739 bits per heavy atom. The van der Waals surface area contributed by atoms with Gasteiger partial charge in [-0.25, -0.2) is 0 Å². The van der Waals surface area contributed by atoms with Gasteiger partial charge in [0.1, 0.15) is 0 Å². The molecule has 0 spiro atoms. The smallest absolute Gasteiger partial charge is 0.0348 e. The summed E-state index contributed by atoms with van der Waals surface area (Å²) in [6.45, 7) is 2.28. The van der Waals surface area contributed by atoms with Gasteiger partial charge < -0.3 is 0 Å². The highest BCUT2D eigenvalue weighted by Gasteiger charge is 2.01.